The first-order valence-corrected chi connectivity index (χ1v) is 11.8. The number of hydrogen-bond acceptors (Lipinski definition) is 6. The largest absolute Gasteiger partial charge is 0.466 e. The van der Waals surface area contributed by atoms with Gasteiger partial charge in [0.15, 0.2) is 0 Å². The third kappa shape index (κ3) is 6.72. The van der Waals surface area contributed by atoms with Gasteiger partial charge in [0, 0.05) is 16.4 Å². The fourth-order valence-electron chi connectivity index (χ4n) is 3.14. The standard InChI is InChI=1S/C28H30N2O3S/c1-7-10-11-21(9-3)26(28(31)32-6)33-27-24(18-29)23(20(5)34-16-8-2)17-25(30-27)22-14-12-19(4)13-15-22/h7-17,20,26H,3H2,1-2,4-6H3/b10-7-,16-8-,21-11+. The lowest BCUT2D eigenvalue weighted by molar-refractivity contribution is -0.147. The number of aromatic nitrogens is 1. The highest BCUT2D eigenvalue weighted by Gasteiger charge is 2.28. The van der Waals surface area contributed by atoms with Crippen LogP contribution in [0.25, 0.3) is 11.3 Å². The molecule has 2 atom stereocenters. The molecule has 176 valence electrons. The number of esters is 1. The Hall–Kier alpha value is -3.56. The highest BCUT2D eigenvalue weighted by molar-refractivity contribution is 8.02. The second-order valence-electron chi connectivity index (χ2n) is 7.42. The molecule has 1 heterocycles. The van der Waals surface area contributed by atoms with Gasteiger partial charge in [-0.05, 0) is 44.7 Å². The van der Waals surface area contributed by atoms with Crippen molar-refractivity contribution in [1.82, 2.24) is 4.98 Å². The lowest BCUT2D eigenvalue weighted by Gasteiger charge is -2.21. The molecular weight excluding hydrogens is 444 g/mol. The molecule has 0 bridgehead atoms. The molecule has 6 heteroatoms. The van der Waals surface area contributed by atoms with Crippen LogP contribution in [0, 0.1) is 18.3 Å². The predicted molar refractivity (Wildman–Crippen MR) is 139 cm³/mol. The minimum atomic E-state index is -1.13. The SMILES string of the molecule is C=C/C(=C\C=C/C)C(Oc1nc(-c2ccc(C)cc2)cc(C(C)S/C=C\C)c1C#N)C(=O)OC. The number of nitrogens with zero attached hydrogens (tertiary/aromatic N) is 2. The minimum absolute atomic E-state index is 0.0468. The second-order valence-corrected chi connectivity index (χ2v) is 8.67. The Labute approximate surface area is 206 Å². The lowest BCUT2D eigenvalue weighted by Crippen LogP contribution is -2.31. The maximum absolute atomic E-state index is 12.6. The number of ether oxygens (including phenoxy) is 2. The summed E-state index contributed by atoms with van der Waals surface area (Å²) >= 11 is 1.58. The molecule has 0 saturated carbocycles. The molecule has 0 aliphatic carbocycles. The smallest absolute Gasteiger partial charge is 0.351 e. The van der Waals surface area contributed by atoms with Gasteiger partial charge >= 0.3 is 5.97 Å². The Morgan fingerprint density at radius 2 is 1.94 bits per heavy atom. The molecule has 2 unspecified atom stereocenters. The number of methoxy groups -OCH3 is 1. The van der Waals surface area contributed by atoms with Crippen molar-refractivity contribution >= 4 is 17.7 Å². The van der Waals surface area contributed by atoms with E-state index in [4.69, 9.17) is 9.47 Å². The van der Waals surface area contributed by atoms with Crippen molar-refractivity contribution in [2.24, 2.45) is 0 Å². The summed E-state index contributed by atoms with van der Waals surface area (Å²) in [7, 11) is 1.29. The number of pyridine rings is 1. The zero-order valence-corrected chi connectivity index (χ0v) is 21.1. The van der Waals surface area contributed by atoms with E-state index in [9.17, 15) is 10.1 Å². The topological polar surface area (TPSA) is 72.2 Å². The zero-order chi connectivity index (χ0) is 25.1. The first-order valence-electron chi connectivity index (χ1n) is 10.9. The van der Waals surface area contributed by atoms with E-state index in [1.807, 2.05) is 75.6 Å². The molecule has 1 aromatic heterocycles. The van der Waals surface area contributed by atoms with Crippen LogP contribution in [0.15, 0.2) is 78.3 Å². The highest BCUT2D eigenvalue weighted by atomic mass is 32.2. The van der Waals surface area contributed by atoms with Gasteiger partial charge in [0.1, 0.15) is 11.6 Å². The van der Waals surface area contributed by atoms with E-state index in [1.165, 1.54) is 13.2 Å². The molecule has 1 aromatic carbocycles. The van der Waals surface area contributed by atoms with Gasteiger partial charge in [-0.3, -0.25) is 0 Å². The second kappa shape index (κ2) is 13.2. The van der Waals surface area contributed by atoms with Crippen LogP contribution in [-0.2, 0) is 9.53 Å². The number of aryl methyl sites for hydroxylation is 1. The van der Waals surface area contributed by atoms with Gasteiger partial charge in [-0.2, -0.15) is 5.26 Å². The number of benzene rings is 1. The molecule has 2 aromatic rings. The van der Waals surface area contributed by atoms with Gasteiger partial charge in [0.25, 0.3) is 0 Å². The van der Waals surface area contributed by atoms with Gasteiger partial charge in [0.05, 0.1) is 12.8 Å². The maximum Gasteiger partial charge on any atom is 0.351 e. The number of thioether (sulfide) groups is 1. The van der Waals surface area contributed by atoms with Crippen molar-refractivity contribution in [2.45, 2.75) is 39.0 Å². The summed E-state index contributed by atoms with van der Waals surface area (Å²) in [5.41, 5.74) is 4.21. The van der Waals surface area contributed by atoms with Gasteiger partial charge < -0.3 is 9.47 Å². The molecular formula is C28H30N2O3S. The van der Waals surface area contributed by atoms with E-state index in [-0.39, 0.29) is 16.7 Å². The first kappa shape index (κ1) is 26.7. The Kier molecular flexibility index (Phi) is 10.4. The van der Waals surface area contributed by atoms with E-state index in [1.54, 1.807) is 23.9 Å². The summed E-state index contributed by atoms with van der Waals surface area (Å²) < 4.78 is 11.1. The maximum atomic E-state index is 12.6. The number of carbonyl (C=O) groups is 1. The zero-order valence-electron chi connectivity index (χ0n) is 20.2. The molecule has 0 N–H and O–H groups in total. The molecule has 0 aliphatic rings. The van der Waals surface area contributed by atoms with Gasteiger partial charge in [-0.25, -0.2) is 9.78 Å². The van der Waals surface area contributed by atoms with E-state index >= 15 is 0 Å². The van der Waals surface area contributed by atoms with Gasteiger partial charge in [0.2, 0.25) is 12.0 Å². The molecule has 5 nitrogen and oxygen atoms in total. The molecule has 0 saturated heterocycles. The van der Waals surface area contributed by atoms with Crippen LogP contribution in [0.2, 0.25) is 0 Å². The first-order chi connectivity index (χ1) is 16.4. The summed E-state index contributed by atoms with van der Waals surface area (Å²) in [5.74, 6) is -0.535. The third-order valence-corrected chi connectivity index (χ3v) is 6.09. The molecule has 0 fully saturated rings. The van der Waals surface area contributed by atoms with E-state index in [2.05, 4.69) is 17.6 Å². The van der Waals surface area contributed by atoms with Crippen molar-refractivity contribution in [3.05, 3.63) is 95.0 Å². The molecule has 0 amide bonds. The Morgan fingerprint density at radius 3 is 2.50 bits per heavy atom. The summed E-state index contributed by atoms with van der Waals surface area (Å²) in [6.45, 7) is 11.6. The summed E-state index contributed by atoms with van der Waals surface area (Å²) in [4.78, 5) is 17.3. The average molecular weight is 475 g/mol. The fourth-order valence-corrected chi connectivity index (χ4v) is 3.87. The number of carbonyl (C=O) groups excluding carboxylic acids is 1. The van der Waals surface area contributed by atoms with Gasteiger partial charge in [-0.15, -0.1) is 11.8 Å². The Morgan fingerprint density at radius 1 is 1.24 bits per heavy atom. The molecule has 0 radical (unpaired) electrons. The Balaban J connectivity index is 2.73. The summed E-state index contributed by atoms with van der Waals surface area (Å²) in [6.07, 6.45) is 7.67. The van der Waals surface area contributed by atoms with Crippen LogP contribution in [0.3, 0.4) is 0 Å². The number of hydrogen-bond donors (Lipinski definition) is 0. The molecule has 34 heavy (non-hydrogen) atoms. The molecule has 0 spiro atoms. The number of rotatable bonds is 10. The normalized spacial score (nSPS) is 13.5. The monoisotopic (exact) mass is 474 g/mol. The quantitative estimate of drug-likeness (QED) is 0.276. The average Bonchev–Trinajstić information content (AvgIpc) is 2.86. The van der Waals surface area contributed by atoms with Crippen molar-refractivity contribution in [2.75, 3.05) is 7.11 Å². The Bertz CT molecular complexity index is 1140. The third-order valence-electron chi connectivity index (χ3n) is 5.00. The number of nitriles is 1. The van der Waals surface area contributed by atoms with Crippen LogP contribution in [-0.4, -0.2) is 24.2 Å². The van der Waals surface area contributed by atoms with Crippen molar-refractivity contribution < 1.29 is 14.3 Å². The number of allylic oxidation sites excluding steroid dienone is 4. The van der Waals surface area contributed by atoms with Crippen molar-refractivity contribution in [3.8, 4) is 23.2 Å². The van der Waals surface area contributed by atoms with E-state index in [0.717, 1.165) is 16.7 Å². The van der Waals surface area contributed by atoms with Crippen molar-refractivity contribution in [3.63, 3.8) is 0 Å². The summed E-state index contributed by atoms with van der Waals surface area (Å²) in [6, 6.07) is 12.1. The predicted octanol–water partition coefficient (Wildman–Crippen LogP) is 6.87. The minimum Gasteiger partial charge on any atom is -0.466 e. The summed E-state index contributed by atoms with van der Waals surface area (Å²) in [5, 5.41) is 12.0. The van der Waals surface area contributed by atoms with E-state index in [0.29, 0.717) is 11.3 Å². The van der Waals surface area contributed by atoms with Crippen LogP contribution in [0.4, 0.5) is 0 Å². The lowest BCUT2D eigenvalue weighted by atomic mass is 10.0. The van der Waals surface area contributed by atoms with Crippen molar-refractivity contribution in [1.29, 1.82) is 5.26 Å². The van der Waals surface area contributed by atoms with Crippen LogP contribution in [0.5, 0.6) is 5.88 Å². The van der Waals surface area contributed by atoms with Crippen LogP contribution >= 0.6 is 11.8 Å². The van der Waals surface area contributed by atoms with Crippen LogP contribution < -0.4 is 4.74 Å². The van der Waals surface area contributed by atoms with Crippen LogP contribution in [0.1, 0.15) is 42.7 Å². The molecule has 0 aliphatic heterocycles. The molecule has 2 rings (SSSR count). The highest BCUT2D eigenvalue weighted by Crippen LogP contribution is 2.37. The van der Waals surface area contributed by atoms with Gasteiger partial charge in [-0.1, -0.05) is 66.8 Å². The van der Waals surface area contributed by atoms with E-state index < -0.39 is 12.1 Å². The fraction of sp³-hybridized carbons (Fsp3) is 0.250.